The Morgan fingerprint density at radius 2 is 1.82 bits per heavy atom. The molecule has 6 rings (SSSR count). The molecule has 0 atom stereocenters. The largest absolute Gasteiger partial charge is 0.495 e. The lowest BCUT2D eigenvalue weighted by Gasteiger charge is -2.12. The van der Waals surface area contributed by atoms with Gasteiger partial charge in [0.25, 0.3) is 0 Å². The van der Waals surface area contributed by atoms with E-state index in [2.05, 4.69) is 29.6 Å². The normalized spacial score (nSPS) is 11.7. The van der Waals surface area contributed by atoms with Crippen LogP contribution in [0.3, 0.4) is 0 Å². The van der Waals surface area contributed by atoms with Gasteiger partial charge >= 0.3 is 0 Å². The van der Waals surface area contributed by atoms with Gasteiger partial charge in [-0.1, -0.05) is 36.0 Å². The third kappa shape index (κ3) is 3.27. The monoisotopic (exact) mass is 472 g/mol. The van der Waals surface area contributed by atoms with Gasteiger partial charge in [-0.3, -0.25) is 4.57 Å². The average molecular weight is 473 g/mol. The molecule has 4 aromatic heterocycles. The smallest absolute Gasteiger partial charge is 0.168 e. The van der Waals surface area contributed by atoms with Crippen molar-refractivity contribution in [3.05, 3.63) is 71.9 Å². The number of rotatable bonds is 5. The summed E-state index contributed by atoms with van der Waals surface area (Å²) in [5, 5.41) is 5.69. The minimum atomic E-state index is 0.647. The summed E-state index contributed by atoms with van der Waals surface area (Å²) in [6.07, 6.45) is 1.74. The summed E-state index contributed by atoms with van der Waals surface area (Å²) in [6, 6.07) is 16.2. The van der Waals surface area contributed by atoms with Crippen LogP contribution in [0, 0.1) is 13.8 Å². The van der Waals surface area contributed by atoms with E-state index in [9.17, 15) is 0 Å². The highest BCUT2D eigenvalue weighted by Crippen LogP contribution is 2.34. The first-order chi connectivity index (χ1) is 16.1. The molecule has 0 unspecified atom stereocenters. The summed E-state index contributed by atoms with van der Waals surface area (Å²) in [4.78, 5) is 14.3. The van der Waals surface area contributed by atoms with Crippen LogP contribution < -0.4 is 4.74 Å². The first-order valence-corrected chi connectivity index (χ1v) is 12.3. The number of benzene rings is 2. The summed E-state index contributed by atoms with van der Waals surface area (Å²) in [5.41, 5.74) is 5.88. The molecule has 4 heterocycles. The van der Waals surface area contributed by atoms with Gasteiger partial charge in [0.1, 0.15) is 12.1 Å². The van der Waals surface area contributed by atoms with E-state index in [1.165, 1.54) is 4.70 Å². The zero-order valence-corrected chi connectivity index (χ0v) is 19.9. The van der Waals surface area contributed by atoms with Crippen molar-refractivity contribution in [1.82, 2.24) is 29.1 Å². The predicted octanol–water partition coefficient (Wildman–Crippen LogP) is 5.60. The highest BCUT2D eigenvalue weighted by atomic mass is 32.2. The molecule has 6 aromatic rings. The lowest BCUT2D eigenvalue weighted by molar-refractivity contribution is 0.413. The Kier molecular flexibility index (Phi) is 4.81. The van der Waals surface area contributed by atoms with Gasteiger partial charge in [0.2, 0.25) is 0 Å². The lowest BCUT2D eigenvalue weighted by atomic mass is 10.2. The van der Waals surface area contributed by atoms with E-state index >= 15 is 0 Å². The minimum absolute atomic E-state index is 0.647. The van der Waals surface area contributed by atoms with Crippen LogP contribution in [0.1, 0.15) is 17.1 Å². The first kappa shape index (κ1) is 20.2. The maximum Gasteiger partial charge on any atom is 0.168 e. The highest BCUT2D eigenvalue weighted by Gasteiger charge is 2.20. The molecule has 7 nitrogen and oxygen atoms in total. The average Bonchev–Trinajstić information content (AvgIpc) is 3.51. The maximum absolute atomic E-state index is 5.61. The summed E-state index contributed by atoms with van der Waals surface area (Å²) in [6.45, 7) is 4.20. The maximum atomic E-state index is 5.61. The van der Waals surface area contributed by atoms with Crippen molar-refractivity contribution >= 4 is 50.0 Å². The summed E-state index contributed by atoms with van der Waals surface area (Å²) < 4.78 is 11.7. The van der Waals surface area contributed by atoms with Crippen LogP contribution >= 0.6 is 23.1 Å². The number of thiazole rings is 1. The van der Waals surface area contributed by atoms with E-state index in [0.29, 0.717) is 5.75 Å². The number of thioether (sulfide) groups is 1. The molecule has 0 amide bonds. The van der Waals surface area contributed by atoms with Gasteiger partial charge in [-0.25, -0.2) is 19.5 Å². The number of fused-ring (bicyclic) bond motifs is 4. The van der Waals surface area contributed by atoms with Crippen LogP contribution in [0.4, 0.5) is 0 Å². The van der Waals surface area contributed by atoms with Crippen LogP contribution in [-0.2, 0) is 5.75 Å². The molecule has 0 N–H and O–H groups in total. The number of ether oxygens (including phenoxy) is 1. The Balaban J connectivity index is 1.41. The Bertz CT molecular complexity index is 1610. The standard InChI is InChI=1S/C24H20N6OS2/c1-14-15(2)30(17-9-5-6-10-18(17)31-3)22-21(14)23-27-20(28-29(23)13-25-22)12-32-24-26-16-8-4-7-11-19(16)33-24/h4-11,13H,12H2,1-3H3. The second kappa shape index (κ2) is 7.86. The van der Waals surface area contributed by atoms with E-state index in [-0.39, 0.29) is 0 Å². The van der Waals surface area contributed by atoms with Gasteiger partial charge < -0.3 is 4.74 Å². The first-order valence-electron chi connectivity index (χ1n) is 10.5. The third-order valence-corrected chi connectivity index (χ3v) is 7.98. The molecule has 33 heavy (non-hydrogen) atoms. The molecule has 0 radical (unpaired) electrons. The summed E-state index contributed by atoms with van der Waals surface area (Å²) in [7, 11) is 1.69. The summed E-state index contributed by atoms with van der Waals surface area (Å²) in [5.74, 6) is 2.21. The fraction of sp³-hybridized carbons (Fsp3) is 0.167. The zero-order chi connectivity index (χ0) is 22.5. The van der Waals surface area contributed by atoms with Crippen molar-refractivity contribution < 1.29 is 4.74 Å². The number of nitrogens with zero attached hydrogens (tertiary/aromatic N) is 6. The molecule has 0 aliphatic heterocycles. The highest BCUT2D eigenvalue weighted by molar-refractivity contribution is 8.00. The number of aryl methyl sites for hydroxylation is 1. The van der Waals surface area contributed by atoms with Gasteiger partial charge in [-0.05, 0) is 43.7 Å². The molecule has 9 heteroatoms. The van der Waals surface area contributed by atoms with E-state index in [4.69, 9.17) is 19.7 Å². The number of methoxy groups -OCH3 is 1. The van der Waals surface area contributed by atoms with Gasteiger partial charge in [0.05, 0.1) is 34.2 Å². The van der Waals surface area contributed by atoms with Crippen LogP contribution in [0.25, 0.3) is 32.6 Å². The van der Waals surface area contributed by atoms with Gasteiger partial charge in [0.15, 0.2) is 21.5 Å². The molecule has 0 spiro atoms. The molecule has 0 aliphatic carbocycles. The summed E-state index contributed by atoms with van der Waals surface area (Å²) >= 11 is 3.36. The topological polar surface area (TPSA) is 70.1 Å². The SMILES string of the molecule is COc1ccccc1-n1c(C)c(C)c2c1ncn1nc(CSc3nc4ccccc4s3)nc21. The van der Waals surface area contributed by atoms with E-state index in [1.807, 2.05) is 42.5 Å². The van der Waals surface area contributed by atoms with Crippen LogP contribution in [0.5, 0.6) is 5.75 Å². The molecule has 0 saturated heterocycles. The second-order valence-electron chi connectivity index (χ2n) is 7.69. The van der Waals surface area contributed by atoms with E-state index < -0.39 is 0 Å². The molecule has 2 aromatic carbocycles. The molecule has 164 valence electrons. The lowest BCUT2D eigenvalue weighted by Crippen LogP contribution is -2.01. The molecular weight excluding hydrogens is 452 g/mol. The number of aromatic nitrogens is 6. The molecule has 0 saturated carbocycles. The van der Waals surface area contributed by atoms with Crippen molar-refractivity contribution in [3.8, 4) is 11.4 Å². The number of hydrogen-bond donors (Lipinski definition) is 0. The number of hydrogen-bond acceptors (Lipinski definition) is 7. The second-order valence-corrected chi connectivity index (χ2v) is 9.95. The number of para-hydroxylation sites is 3. The van der Waals surface area contributed by atoms with Crippen molar-refractivity contribution in [1.29, 1.82) is 0 Å². The van der Waals surface area contributed by atoms with E-state index in [0.717, 1.165) is 55.1 Å². The van der Waals surface area contributed by atoms with Gasteiger partial charge in [-0.15, -0.1) is 16.4 Å². The molecule has 0 aliphatic rings. The Morgan fingerprint density at radius 3 is 2.67 bits per heavy atom. The molecular formula is C24H20N6OS2. The van der Waals surface area contributed by atoms with Crippen molar-refractivity contribution in [3.63, 3.8) is 0 Å². The van der Waals surface area contributed by atoms with Crippen molar-refractivity contribution in [2.75, 3.05) is 7.11 Å². The quantitative estimate of drug-likeness (QED) is 0.304. The Labute approximate surface area is 198 Å². The fourth-order valence-electron chi connectivity index (χ4n) is 4.11. The van der Waals surface area contributed by atoms with Crippen LogP contribution in [0.15, 0.2) is 59.2 Å². The minimum Gasteiger partial charge on any atom is -0.495 e. The fourth-order valence-corrected chi connectivity index (χ4v) is 6.03. The predicted molar refractivity (Wildman–Crippen MR) is 133 cm³/mol. The Morgan fingerprint density at radius 1 is 1.00 bits per heavy atom. The van der Waals surface area contributed by atoms with Crippen LogP contribution in [0.2, 0.25) is 0 Å². The third-order valence-electron chi connectivity index (χ3n) is 5.80. The van der Waals surface area contributed by atoms with Gasteiger partial charge in [0, 0.05) is 5.69 Å². The van der Waals surface area contributed by atoms with Gasteiger partial charge in [-0.2, -0.15) is 0 Å². The van der Waals surface area contributed by atoms with Crippen molar-refractivity contribution in [2.24, 2.45) is 0 Å². The van der Waals surface area contributed by atoms with Crippen molar-refractivity contribution in [2.45, 2.75) is 23.9 Å². The van der Waals surface area contributed by atoms with Crippen LogP contribution in [-0.4, -0.2) is 36.2 Å². The molecule has 0 bridgehead atoms. The van der Waals surface area contributed by atoms with E-state index in [1.54, 1.807) is 41.1 Å². The Hall–Kier alpha value is -3.43. The zero-order valence-electron chi connectivity index (χ0n) is 18.3. The molecule has 0 fully saturated rings.